The molecular formula is C13H16BrClN4O2. The molecule has 1 N–H and O–H groups in total. The summed E-state index contributed by atoms with van der Waals surface area (Å²) in [5.41, 5.74) is 7.78. The molecule has 1 aromatic carbocycles. The van der Waals surface area contributed by atoms with E-state index >= 15 is 0 Å². The molecule has 1 atom stereocenters. The number of ether oxygens (including phenoxy) is 1. The summed E-state index contributed by atoms with van der Waals surface area (Å²) in [6, 6.07) is 5.27. The molecule has 0 fully saturated rings. The Morgan fingerprint density at radius 3 is 2.90 bits per heavy atom. The molecule has 0 saturated heterocycles. The highest BCUT2D eigenvalue weighted by atomic mass is 79.9. The Balaban J connectivity index is 3.10. The van der Waals surface area contributed by atoms with Crippen molar-refractivity contribution < 1.29 is 9.53 Å². The minimum Gasteiger partial charge on any atom is -0.464 e. The number of halogens is 2. The van der Waals surface area contributed by atoms with Gasteiger partial charge in [0, 0.05) is 33.1 Å². The number of azide groups is 1. The topological polar surface area (TPSA) is 87.1 Å². The molecule has 0 radical (unpaired) electrons. The summed E-state index contributed by atoms with van der Waals surface area (Å²) in [5, 5.41) is 6.93. The van der Waals surface area contributed by atoms with Gasteiger partial charge in [0.2, 0.25) is 0 Å². The number of carbonyl (C=O) groups excluding carboxylic acids is 1. The van der Waals surface area contributed by atoms with Gasteiger partial charge in [-0.05, 0) is 31.5 Å². The minimum atomic E-state index is -1.11. The first kappa shape index (κ1) is 17.8. The third-order valence-corrected chi connectivity index (χ3v) is 3.71. The number of carbonyl (C=O) groups is 1. The molecule has 0 aliphatic heterocycles. The molecule has 0 aromatic heterocycles. The zero-order chi connectivity index (χ0) is 15.9. The molecule has 6 nitrogen and oxygen atoms in total. The van der Waals surface area contributed by atoms with Crippen molar-refractivity contribution in [2.24, 2.45) is 5.11 Å². The van der Waals surface area contributed by atoms with E-state index in [0.29, 0.717) is 17.1 Å². The van der Waals surface area contributed by atoms with Crippen molar-refractivity contribution in [1.29, 1.82) is 0 Å². The van der Waals surface area contributed by atoms with E-state index in [1.54, 1.807) is 32.0 Å². The number of esters is 1. The molecule has 0 bridgehead atoms. The molecule has 0 saturated carbocycles. The van der Waals surface area contributed by atoms with Crippen molar-refractivity contribution in [2.75, 3.05) is 19.7 Å². The summed E-state index contributed by atoms with van der Waals surface area (Å²) in [4.78, 5) is 15.0. The Hall–Kier alpha value is -1.27. The van der Waals surface area contributed by atoms with Crippen LogP contribution < -0.4 is 5.32 Å². The normalized spacial score (nSPS) is 13.1. The van der Waals surface area contributed by atoms with Crippen LogP contribution in [0.15, 0.2) is 27.8 Å². The standard InChI is InChI=1S/C13H16BrClN4O2/c1-3-21-12(20)13(2,17-6-7-18-19-16)10-5-4-9(14)8-11(10)15/h4-5,8,17H,3,6-7H2,1-2H3. The fourth-order valence-electron chi connectivity index (χ4n) is 1.85. The maximum absolute atomic E-state index is 12.3. The van der Waals surface area contributed by atoms with Gasteiger partial charge in [-0.25, -0.2) is 4.79 Å². The molecular weight excluding hydrogens is 360 g/mol. The lowest BCUT2D eigenvalue weighted by Gasteiger charge is -2.29. The monoisotopic (exact) mass is 374 g/mol. The van der Waals surface area contributed by atoms with E-state index in [9.17, 15) is 4.79 Å². The number of hydrogen-bond acceptors (Lipinski definition) is 4. The van der Waals surface area contributed by atoms with Gasteiger partial charge in [0.05, 0.1) is 6.61 Å². The average molecular weight is 376 g/mol. The first-order chi connectivity index (χ1) is 9.95. The van der Waals surface area contributed by atoms with E-state index in [2.05, 4.69) is 31.3 Å². The largest absolute Gasteiger partial charge is 0.464 e. The molecule has 0 aliphatic rings. The van der Waals surface area contributed by atoms with Gasteiger partial charge in [-0.2, -0.15) is 0 Å². The van der Waals surface area contributed by atoms with Crippen LogP contribution in [0, 0.1) is 0 Å². The Labute approximate surface area is 136 Å². The van der Waals surface area contributed by atoms with Crippen molar-refractivity contribution in [2.45, 2.75) is 19.4 Å². The van der Waals surface area contributed by atoms with Crippen LogP contribution in [0.4, 0.5) is 0 Å². The van der Waals surface area contributed by atoms with Crippen molar-refractivity contribution in [1.82, 2.24) is 5.32 Å². The maximum Gasteiger partial charge on any atom is 0.330 e. The van der Waals surface area contributed by atoms with Crippen LogP contribution in [0.1, 0.15) is 19.4 Å². The second kappa shape index (κ2) is 8.24. The third kappa shape index (κ3) is 4.61. The lowest BCUT2D eigenvalue weighted by molar-refractivity contribution is -0.151. The van der Waals surface area contributed by atoms with Crippen molar-refractivity contribution in [3.05, 3.63) is 43.7 Å². The van der Waals surface area contributed by atoms with Gasteiger partial charge in [0.1, 0.15) is 5.54 Å². The van der Waals surface area contributed by atoms with E-state index in [0.717, 1.165) is 4.47 Å². The van der Waals surface area contributed by atoms with Crippen LogP contribution in [-0.4, -0.2) is 25.7 Å². The van der Waals surface area contributed by atoms with Crippen molar-refractivity contribution >= 4 is 33.5 Å². The minimum absolute atomic E-state index is 0.222. The van der Waals surface area contributed by atoms with Crippen LogP contribution in [0.3, 0.4) is 0 Å². The van der Waals surface area contributed by atoms with Crippen LogP contribution in [0.2, 0.25) is 5.02 Å². The highest BCUT2D eigenvalue weighted by Gasteiger charge is 2.37. The number of nitrogens with one attached hydrogen (secondary N) is 1. The van der Waals surface area contributed by atoms with Crippen LogP contribution in [0.5, 0.6) is 0 Å². The quantitative estimate of drug-likeness (QED) is 0.259. The molecule has 0 aliphatic carbocycles. The zero-order valence-corrected chi connectivity index (χ0v) is 14.1. The summed E-state index contributed by atoms with van der Waals surface area (Å²) < 4.78 is 5.94. The molecule has 1 aromatic rings. The van der Waals surface area contributed by atoms with Crippen molar-refractivity contribution in [3.8, 4) is 0 Å². The van der Waals surface area contributed by atoms with Gasteiger partial charge < -0.3 is 4.74 Å². The SMILES string of the molecule is CCOC(=O)C(C)(NCCN=[N+]=[N-])c1ccc(Br)cc1Cl. The van der Waals surface area contributed by atoms with E-state index in [1.807, 2.05) is 0 Å². The van der Waals surface area contributed by atoms with Crippen LogP contribution in [-0.2, 0) is 15.1 Å². The summed E-state index contributed by atoms with van der Waals surface area (Å²) >= 11 is 9.57. The average Bonchev–Trinajstić information content (AvgIpc) is 2.43. The molecule has 21 heavy (non-hydrogen) atoms. The first-order valence-electron chi connectivity index (χ1n) is 6.34. The predicted octanol–water partition coefficient (Wildman–Crippen LogP) is 3.78. The van der Waals surface area contributed by atoms with Crippen LogP contribution >= 0.6 is 27.5 Å². The van der Waals surface area contributed by atoms with E-state index in [4.69, 9.17) is 21.9 Å². The summed E-state index contributed by atoms with van der Waals surface area (Å²) in [7, 11) is 0. The van der Waals surface area contributed by atoms with E-state index < -0.39 is 11.5 Å². The molecule has 1 unspecified atom stereocenters. The van der Waals surface area contributed by atoms with Gasteiger partial charge in [-0.1, -0.05) is 38.7 Å². The summed E-state index contributed by atoms with van der Waals surface area (Å²) in [6.45, 7) is 4.24. The number of hydrogen-bond donors (Lipinski definition) is 1. The van der Waals surface area contributed by atoms with Crippen LogP contribution in [0.25, 0.3) is 10.4 Å². The molecule has 0 heterocycles. The molecule has 8 heteroatoms. The molecule has 114 valence electrons. The van der Waals surface area contributed by atoms with Gasteiger partial charge in [0.15, 0.2) is 0 Å². The predicted molar refractivity (Wildman–Crippen MR) is 85.2 cm³/mol. The van der Waals surface area contributed by atoms with E-state index in [-0.39, 0.29) is 13.2 Å². The van der Waals surface area contributed by atoms with Gasteiger partial charge in [-0.3, -0.25) is 5.32 Å². The van der Waals surface area contributed by atoms with E-state index in [1.165, 1.54) is 0 Å². The Bertz CT molecular complexity index is 563. The zero-order valence-electron chi connectivity index (χ0n) is 11.8. The van der Waals surface area contributed by atoms with Gasteiger partial charge in [-0.15, -0.1) is 0 Å². The smallest absolute Gasteiger partial charge is 0.330 e. The molecule has 0 amide bonds. The molecule has 1 rings (SSSR count). The first-order valence-corrected chi connectivity index (χ1v) is 7.51. The Morgan fingerprint density at radius 2 is 2.33 bits per heavy atom. The number of rotatable bonds is 7. The Morgan fingerprint density at radius 1 is 1.62 bits per heavy atom. The second-order valence-electron chi connectivity index (χ2n) is 4.35. The highest BCUT2D eigenvalue weighted by molar-refractivity contribution is 9.10. The lowest BCUT2D eigenvalue weighted by atomic mass is 9.92. The number of benzene rings is 1. The fraction of sp³-hybridized carbons (Fsp3) is 0.462. The summed E-state index contributed by atoms with van der Waals surface area (Å²) in [5.74, 6) is -0.435. The number of nitrogens with zero attached hydrogens (tertiary/aromatic N) is 3. The van der Waals surface area contributed by atoms with Gasteiger partial charge in [0.25, 0.3) is 0 Å². The Kier molecular flexibility index (Phi) is 6.98. The van der Waals surface area contributed by atoms with Crippen molar-refractivity contribution in [3.63, 3.8) is 0 Å². The highest BCUT2D eigenvalue weighted by Crippen LogP contribution is 2.31. The molecule has 0 spiro atoms. The second-order valence-corrected chi connectivity index (χ2v) is 5.67. The maximum atomic E-state index is 12.3. The van der Waals surface area contributed by atoms with Gasteiger partial charge >= 0.3 is 5.97 Å². The third-order valence-electron chi connectivity index (χ3n) is 2.91. The fourth-order valence-corrected chi connectivity index (χ4v) is 2.71. The lowest BCUT2D eigenvalue weighted by Crippen LogP contribution is -2.48. The summed E-state index contributed by atoms with van der Waals surface area (Å²) in [6.07, 6.45) is 0.